The highest BCUT2D eigenvalue weighted by atomic mass is 127. The molecule has 6 aromatic rings. The maximum absolute atomic E-state index is 12.3. The van der Waals surface area contributed by atoms with Gasteiger partial charge in [-0.15, -0.1) is 0 Å². The molecule has 0 radical (unpaired) electrons. The molecule has 4 aromatic heterocycles. The molecular weight excluding hydrogens is 1330 g/mol. The first-order valence-electron chi connectivity index (χ1n) is 26.7. The summed E-state index contributed by atoms with van der Waals surface area (Å²) >= 11 is 12.1. The summed E-state index contributed by atoms with van der Waals surface area (Å²) in [5, 5.41) is 0. The van der Waals surface area contributed by atoms with Crippen LogP contribution in [0.1, 0.15) is 131 Å². The van der Waals surface area contributed by atoms with Crippen LogP contribution in [-0.4, -0.2) is 87.7 Å². The predicted molar refractivity (Wildman–Crippen MR) is 329 cm³/mol. The monoisotopic (exact) mass is 1410 g/mol. The van der Waals surface area contributed by atoms with Crippen LogP contribution >= 0.6 is 70.4 Å². The molecule has 5 heterocycles. The Kier molecular flexibility index (Phi) is 28.3. The molecule has 2 aromatic carbocycles. The lowest BCUT2D eigenvalue weighted by molar-refractivity contribution is -0.702. The summed E-state index contributed by atoms with van der Waals surface area (Å²) in [6.07, 6.45) is 29.1. The highest BCUT2D eigenvalue weighted by molar-refractivity contribution is 14.1. The summed E-state index contributed by atoms with van der Waals surface area (Å²) in [6, 6.07) is 10.9. The average molecular weight is 1410 g/mol. The Morgan fingerprint density at radius 1 is 0.727 bits per heavy atom. The molecule has 1 saturated heterocycles. The van der Waals surface area contributed by atoms with Gasteiger partial charge in [-0.05, 0) is 164 Å². The third-order valence-corrected chi connectivity index (χ3v) is 18.8. The average Bonchev–Trinajstić information content (AvgIpc) is 4.29. The van der Waals surface area contributed by atoms with Crippen LogP contribution in [0.4, 0.5) is 0 Å². The number of nitrogens with zero attached hydrogens (tertiary/aromatic N) is 6. The SMILES string of the molecule is Brc1cnc[nH]1.CCI.CC[n+]1c[nH]cc1Br.CCn1cncc1-c1cc(S(=O)(=O)NC)ccc1CC1CCCCC1.CCn1cncc1Br.CNS(=O)(=O)c1ccc(CC2CCCCC2)c(B2OC(C)(C)C(C)(C)O2)c1. The van der Waals surface area contributed by atoms with E-state index in [4.69, 9.17) is 9.31 Å². The second kappa shape index (κ2) is 32.6. The van der Waals surface area contributed by atoms with Gasteiger partial charge in [0.15, 0.2) is 0 Å². The number of alkyl halides is 1. The van der Waals surface area contributed by atoms with Crippen LogP contribution < -0.4 is 19.5 Å². The van der Waals surface area contributed by atoms with Crippen molar-refractivity contribution in [3.05, 3.63) is 111 Å². The predicted octanol–water partition coefficient (Wildman–Crippen LogP) is 12.0. The van der Waals surface area contributed by atoms with Crippen LogP contribution in [0.5, 0.6) is 0 Å². The van der Waals surface area contributed by atoms with Crippen LogP contribution in [0, 0.1) is 11.8 Å². The van der Waals surface area contributed by atoms with Crippen molar-refractivity contribution < 1.29 is 30.7 Å². The minimum Gasteiger partial charge on any atom is -0.399 e. The molecule has 426 valence electrons. The molecule has 0 spiro atoms. The van der Waals surface area contributed by atoms with Crippen molar-refractivity contribution in [2.24, 2.45) is 11.8 Å². The van der Waals surface area contributed by atoms with Gasteiger partial charge in [-0.1, -0.05) is 106 Å². The van der Waals surface area contributed by atoms with Gasteiger partial charge in [0.05, 0.1) is 70.8 Å². The first kappa shape index (κ1) is 66.8. The summed E-state index contributed by atoms with van der Waals surface area (Å²) in [5.41, 5.74) is 4.25. The fourth-order valence-corrected chi connectivity index (χ4v) is 11.7. The minimum atomic E-state index is -3.52. The second-order valence-electron chi connectivity index (χ2n) is 19.9. The maximum Gasteiger partial charge on any atom is 0.495 e. The van der Waals surface area contributed by atoms with E-state index in [9.17, 15) is 16.8 Å². The lowest BCUT2D eigenvalue weighted by atomic mass is 9.73. The second-order valence-corrected chi connectivity index (χ2v) is 27.7. The van der Waals surface area contributed by atoms with Crippen molar-refractivity contribution in [3.63, 3.8) is 0 Å². The Labute approximate surface area is 499 Å². The Morgan fingerprint density at radius 2 is 1.23 bits per heavy atom. The van der Waals surface area contributed by atoms with Crippen molar-refractivity contribution in [1.82, 2.24) is 43.5 Å². The van der Waals surface area contributed by atoms with Gasteiger partial charge in [-0.25, -0.2) is 50.8 Å². The van der Waals surface area contributed by atoms with E-state index in [1.165, 1.54) is 88.3 Å². The Hall–Kier alpha value is -2.75. The van der Waals surface area contributed by atoms with E-state index in [1.807, 2.05) is 63.1 Å². The van der Waals surface area contributed by atoms with Crippen LogP contribution in [-0.2, 0) is 61.8 Å². The lowest BCUT2D eigenvalue weighted by Gasteiger charge is -2.32. The van der Waals surface area contributed by atoms with E-state index in [-0.39, 0.29) is 4.90 Å². The number of hydrogen-bond acceptors (Lipinski definition) is 9. The molecule has 0 atom stereocenters. The highest BCUT2D eigenvalue weighted by Crippen LogP contribution is 2.38. The van der Waals surface area contributed by atoms with Crippen molar-refractivity contribution >= 4 is 103 Å². The van der Waals surface area contributed by atoms with E-state index < -0.39 is 38.4 Å². The van der Waals surface area contributed by atoms with Crippen LogP contribution in [0.25, 0.3) is 11.3 Å². The molecule has 0 unspecified atom stereocenters. The number of sulfonamides is 2. The number of nitrogens with one attached hydrogen (secondary N) is 4. The normalized spacial score (nSPS) is 16.3. The number of aromatic nitrogens is 8. The van der Waals surface area contributed by atoms with Gasteiger partial charge in [-0.3, -0.25) is 0 Å². The van der Waals surface area contributed by atoms with E-state index in [2.05, 4.69) is 142 Å². The molecule has 23 heteroatoms. The van der Waals surface area contributed by atoms with Crippen LogP contribution in [0.3, 0.4) is 0 Å². The molecule has 9 rings (SSSR count). The molecule has 3 aliphatic rings. The molecule has 1 aliphatic heterocycles. The van der Waals surface area contributed by atoms with Gasteiger partial charge < -0.3 is 23.4 Å². The first-order chi connectivity index (χ1) is 36.6. The standard InChI is InChI=1S/C20H32BNO4S.C19H27N3O2S.2C5H7BrN2.C3H3BrN2.C2H5I/c1-19(2)20(3,4)26-21(25-19)18-14-17(27(23,24)22-5)12-11-16(18)13-15-9-7-6-8-10-15;1-3-22-14-21-13-19(22)18-12-17(25(23,24)20-2)10-9-16(18)11-15-7-5-4-6-8-15;2*1-2-8-4-7-3-5(8)6;4-3-1-5-2-6-3;1-2-3/h11-12,14-15,22H,6-10,13H2,1-5H3;9-10,12-15,20H,3-8,11H2,1-2H3;2*3-4H,2H2,1H3;1-2H,(H,5,6);2H2,1H3/p+1. The number of halogens is 4. The molecule has 4 N–H and O–H groups in total. The smallest absolute Gasteiger partial charge is 0.399 e. The summed E-state index contributed by atoms with van der Waals surface area (Å²) in [6.45, 7) is 19.2. The van der Waals surface area contributed by atoms with Gasteiger partial charge in [-0.2, -0.15) is 0 Å². The number of benzene rings is 2. The highest BCUT2D eigenvalue weighted by Gasteiger charge is 2.52. The van der Waals surface area contributed by atoms with E-state index in [0.29, 0.717) is 16.7 Å². The number of hydrogen-bond donors (Lipinski definition) is 4. The number of rotatable bonds is 13. The minimum absolute atomic E-state index is 0.252. The fourth-order valence-electron chi connectivity index (χ4n) is 9.05. The van der Waals surface area contributed by atoms with Crippen LogP contribution in [0.2, 0.25) is 0 Å². The van der Waals surface area contributed by atoms with Crippen molar-refractivity contribution in [1.29, 1.82) is 0 Å². The third-order valence-electron chi connectivity index (χ3n) is 14.2. The van der Waals surface area contributed by atoms with E-state index in [1.54, 1.807) is 55.6 Å². The van der Waals surface area contributed by atoms with Gasteiger partial charge >= 0.3 is 7.12 Å². The largest absolute Gasteiger partial charge is 0.495 e. The van der Waals surface area contributed by atoms with Gasteiger partial charge in [0, 0.05) is 34.6 Å². The Balaban J connectivity index is 0.000000231. The molecular formula is C54H82BBr3IN10O6S2+. The van der Waals surface area contributed by atoms with Crippen molar-refractivity contribution in [2.45, 2.75) is 173 Å². The fraction of sp³-hybridized carbons (Fsp3) is 0.556. The third kappa shape index (κ3) is 20.3. The zero-order chi connectivity index (χ0) is 56.8. The summed E-state index contributed by atoms with van der Waals surface area (Å²) in [7, 11) is -4.66. The molecule has 2 saturated carbocycles. The molecule has 3 fully saturated rings. The number of H-pyrrole nitrogens is 2. The summed E-state index contributed by atoms with van der Waals surface area (Å²) in [4.78, 5) is 18.2. The quantitative estimate of drug-likeness (QED) is 0.0377. The van der Waals surface area contributed by atoms with E-state index >= 15 is 0 Å². The first-order valence-corrected chi connectivity index (χ1v) is 33.5. The maximum atomic E-state index is 12.3. The Bertz CT molecular complexity index is 2830. The van der Waals surface area contributed by atoms with Crippen molar-refractivity contribution in [3.8, 4) is 11.3 Å². The van der Waals surface area contributed by atoms with Gasteiger partial charge in [0.1, 0.15) is 15.4 Å². The molecule has 0 amide bonds. The topological polar surface area (TPSA) is 195 Å². The number of aromatic amines is 2. The molecule has 0 bridgehead atoms. The lowest BCUT2D eigenvalue weighted by Crippen LogP contribution is -2.41. The van der Waals surface area contributed by atoms with E-state index in [0.717, 1.165) is 68.6 Å². The number of aryl methyl sites for hydroxylation is 3. The van der Waals surface area contributed by atoms with Gasteiger partial charge in [0.2, 0.25) is 31.0 Å². The zero-order valence-electron chi connectivity index (χ0n) is 46.6. The van der Waals surface area contributed by atoms with Crippen molar-refractivity contribution in [2.75, 3.05) is 18.5 Å². The number of imidazole rings is 4. The van der Waals surface area contributed by atoms with Crippen LogP contribution in [0.15, 0.2) is 110 Å². The summed E-state index contributed by atoms with van der Waals surface area (Å²) in [5.74, 6) is 1.34. The zero-order valence-corrected chi connectivity index (χ0v) is 55.1. The summed E-state index contributed by atoms with van der Waals surface area (Å²) < 4.78 is 76.9. The van der Waals surface area contributed by atoms with Gasteiger partial charge in [0.25, 0.3) is 0 Å². The Morgan fingerprint density at radius 3 is 1.64 bits per heavy atom. The molecule has 2 aliphatic carbocycles. The molecule has 77 heavy (non-hydrogen) atoms. The molecule has 16 nitrogen and oxygen atoms in total.